The van der Waals surface area contributed by atoms with Gasteiger partial charge in [-0.2, -0.15) is 0 Å². The molecule has 0 aromatic carbocycles. The highest BCUT2D eigenvalue weighted by molar-refractivity contribution is 6.29. The van der Waals surface area contributed by atoms with Gasteiger partial charge in [0.25, 0.3) is 0 Å². The molecule has 0 bridgehead atoms. The number of esters is 1. The van der Waals surface area contributed by atoms with Crippen molar-refractivity contribution in [1.29, 1.82) is 0 Å². The third kappa shape index (κ3) is 3.91. The van der Waals surface area contributed by atoms with Crippen LogP contribution in [-0.4, -0.2) is 52.0 Å². The van der Waals surface area contributed by atoms with E-state index < -0.39 is 35.9 Å². The van der Waals surface area contributed by atoms with Crippen LogP contribution in [0.1, 0.15) is 6.42 Å². The van der Waals surface area contributed by atoms with Crippen molar-refractivity contribution in [3.63, 3.8) is 0 Å². The molecule has 0 fully saturated rings. The summed E-state index contributed by atoms with van der Waals surface area (Å²) < 4.78 is 4.14. The number of methoxy groups -OCH3 is 1. The normalized spacial score (nSPS) is 16.9. The SMILES string of the molecule is COC(=O)[C@@H](O)[C@@H](O)C[C@H](Cl)C(=O)O. The Bertz CT molecular complexity index is 218. The minimum atomic E-state index is -1.78. The van der Waals surface area contributed by atoms with Crippen LogP contribution in [0.15, 0.2) is 0 Å². The highest BCUT2D eigenvalue weighted by atomic mass is 35.5. The molecule has 0 heterocycles. The molecule has 0 radical (unpaired) electrons. The first kappa shape index (κ1) is 13.2. The van der Waals surface area contributed by atoms with Crippen LogP contribution < -0.4 is 0 Å². The monoisotopic (exact) mass is 226 g/mol. The fourth-order valence-electron chi connectivity index (χ4n) is 0.720. The maximum Gasteiger partial charge on any atom is 0.337 e. The molecule has 0 saturated heterocycles. The molecule has 0 spiro atoms. The summed E-state index contributed by atoms with van der Waals surface area (Å²) in [4.78, 5) is 20.9. The number of hydrogen-bond acceptors (Lipinski definition) is 5. The van der Waals surface area contributed by atoms with Gasteiger partial charge in [0.05, 0.1) is 13.2 Å². The average molecular weight is 227 g/mol. The van der Waals surface area contributed by atoms with Crippen molar-refractivity contribution in [2.24, 2.45) is 0 Å². The summed E-state index contributed by atoms with van der Waals surface area (Å²) in [6, 6.07) is 0. The van der Waals surface area contributed by atoms with Crippen molar-refractivity contribution in [3.05, 3.63) is 0 Å². The van der Waals surface area contributed by atoms with Crippen LogP contribution in [0.2, 0.25) is 0 Å². The summed E-state index contributed by atoms with van der Waals surface area (Å²) in [5.41, 5.74) is 0. The summed E-state index contributed by atoms with van der Waals surface area (Å²) >= 11 is 5.28. The number of carboxylic acid groups (broad SMARTS) is 1. The number of hydrogen-bond donors (Lipinski definition) is 3. The molecule has 6 nitrogen and oxygen atoms in total. The summed E-state index contributed by atoms with van der Waals surface area (Å²) in [6.07, 6.45) is -3.77. The second-order valence-corrected chi connectivity index (χ2v) is 3.10. The zero-order valence-electron chi connectivity index (χ0n) is 7.38. The van der Waals surface area contributed by atoms with Gasteiger partial charge in [-0.05, 0) is 0 Å². The Balaban J connectivity index is 4.13. The Morgan fingerprint density at radius 2 is 1.93 bits per heavy atom. The molecule has 0 aromatic rings. The maximum absolute atomic E-state index is 10.7. The summed E-state index contributed by atoms with van der Waals surface area (Å²) in [5.74, 6) is -2.37. The molecule has 0 aliphatic rings. The molecule has 3 N–H and O–H groups in total. The number of alkyl halides is 1. The van der Waals surface area contributed by atoms with E-state index in [1.165, 1.54) is 0 Å². The summed E-state index contributed by atoms with van der Waals surface area (Å²) in [7, 11) is 1.04. The van der Waals surface area contributed by atoms with Gasteiger partial charge in [0, 0.05) is 6.42 Å². The molecule has 0 aliphatic carbocycles. The lowest BCUT2D eigenvalue weighted by Crippen LogP contribution is -2.37. The number of aliphatic hydroxyl groups excluding tert-OH is 2. The highest BCUT2D eigenvalue weighted by Crippen LogP contribution is 2.10. The quantitative estimate of drug-likeness (QED) is 0.409. The van der Waals surface area contributed by atoms with Crippen molar-refractivity contribution in [2.45, 2.75) is 24.0 Å². The summed E-state index contributed by atoms with van der Waals surface area (Å²) in [6.45, 7) is 0. The molecular weight excluding hydrogens is 216 g/mol. The number of carbonyl (C=O) groups is 2. The first-order valence-electron chi connectivity index (χ1n) is 3.71. The van der Waals surface area contributed by atoms with E-state index in [0.717, 1.165) is 7.11 Å². The number of carbonyl (C=O) groups excluding carboxylic acids is 1. The minimum absolute atomic E-state index is 0.437. The van der Waals surface area contributed by atoms with Gasteiger partial charge in [-0.1, -0.05) is 0 Å². The van der Waals surface area contributed by atoms with E-state index in [4.69, 9.17) is 26.9 Å². The molecule has 0 aromatic heterocycles. The molecule has 82 valence electrons. The second-order valence-electron chi connectivity index (χ2n) is 2.58. The van der Waals surface area contributed by atoms with Gasteiger partial charge in [0.15, 0.2) is 6.10 Å². The van der Waals surface area contributed by atoms with Crippen LogP contribution in [0.4, 0.5) is 0 Å². The van der Waals surface area contributed by atoms with Crippen molar-refractivity contribution in [1.82, 2.24) is 0 Å². The van der Waals surface area contributed by atoms with Crippen LogP contribution in [0.5, 0.6) is 0 Å². The van der Waals surface area contributed by atoms with E-state index in [2.05, 4.69) is 4.74 Å². The standard InChI is InChI=1S/C7H11ClO6/c1-14-7(13)5(10)4(9)2-3(8)6(11)12/h3-5,9-10H,2H2,1H3,(H,11,12)/t3-,4-,5-/m0/s1. The predicted octanol–water partition coefficient (Wildman–Crippen LogP) is -1.04. The van der Waals surface area contributed by atoms with Crippen LogP contribution in [-0.2, 0) is 14.3 Å². The molecule has 0 unspecified atom stereocenters. The topological polar surface area (TPSA) is 104 Å². The lowest BCUT2D eigenvalue weighted by Gasteiger charge is -2.16. The van der Waals surface area contributed by atoms with Gasteiger partial charge in [0.1, 0.15) is 5.38 Å². The number of rotatable bonds is 5. The van der Waals surface area contributed by atoms with Crippen LogP contribution in [0.25, 0.3) is 0 Å². The van der Waals surface area contributed by atoms with E-state index >= 15 is 0 Å². The maximum atomic E-state index is 10.7. The van der Waals surface area contributed by atoms with Gasteiger partial charge < -0.3 is 20.1 Å². The Hall–Kier alpha value is -0.850. The number of carboxylic acids is 1. The molecule has 0 rings (SSSR count). The zero-order valence-corrected chi connectivity index (χ0v) is 8.14. The minimum Gasteiger partial charge on any atom is -0.480 e. The smallest absolute Gasteiger partial charge is 0.337 e. The van der Waals surface area contributed by atoms with Crippen molar-refractivity contribution < 1.29 is 29.6 Å². The summed E-state index contributed by atoms with van der Waals surface area (Å²) in [5, 5.41) is 25.2. The van der Waals surface area contributed by atoms with Gasteiger partial charge in [-0.25, -0.2) is 4.79 Å². The lowest BCUT2D eigenvalue weighted by molar-refractivity contribution is -0.157. The first-order chi connectivity index (χ1) is 6.40. The van der Waals surface area contributed by atoms with E-state index in [-0.39, 0.29) is 0 Å². The number of ether oxygens (including phenoxy) is 1. The Morgan fingerprint density at radius 3 is 2.29 bits per heavy atom. The lowest BCUT2D eigenvalue weighted by atomic mass is 10.1. The fraction of sp³-hybridized carbons (Fsp3) is 0.714. The number of aliphatic carboxylic acids is 1. The fourth-order valence-corrected chi connectivity index (χ4v) is 0.902. The van der Waals surface area contributed by atoms with Crippen LogP contribution in [0.3, 0.4) is 0 Å². The third-order valence-corrected chi connectivity index (χ3v) is 1.89. The molecule has 14 heavy (non-hydrogen) atoms. The highest BCUT2D eigenvalue weighted by Gasteiger charge is 2.29. The van der Waals surface area contributed by atoms with Crippen molar-refractivity contribution >= 4 is 23.5 Å². The van der Waals surface area contributed by atoms with E-state index in [9.17, 15) is 9.59 Å². The molecule has 7 heteroatoms. The van der Waals surface area contributed by atoms with E-state index in [1.807, 2.05) is 0 Å². The van der Waals surface area contributed by atoms with Crippen molar-refractivity contribution in [2.75, 3.05) is 7.11 Å². The Kier molecular flexibility index (Phi) is 5.44. The molecule has 0 amide bonds. The second kappa shape index (κ2) is 5.79. The molecule has 0 saturated carbocycles. The molecular formula is C7H11ClO6. The predicted molar refractivity (Wildman–Crippen MR) is 45.9 cm³/mol. The zero-order chi connectivity index (χ0) is 11.3. The van der Waals surface area contributed by atoms with E-state index in [1.54, 1.807) is 0 Å². The van der Waals surface area contributed by atoms with Gasteiger partial charge in [-0.3, -0.25) is 4.79 Å². The van der Waals surface area contributed by atoms with Crippen LogP contribution in [0, 0.1) is 0 Å². The van der Waals surface area contributed by atoms with Gasteiger partial charge in [-0.15, -0.1) is 11.6 Å². The van der Waals surface area contributed by atoms with Crippen molar-refractivity contribution in [3.8, 4) is 0 Å². The molecule has 0 aliphatic heterocycles. The van der Waals surface area contributed by atoms with Gasteiger partial charge >= 0.3 is 11.9 Å². The van der Waals surface area contributed by atoms with Crippen LogP contribution >= 0.6 is 11.6 Å². The number of aliphatic hydroxyl groups is 2. The Morgan fingerprint density at radius 1 is 1.43 bits per heavy atom. The number of halogens is 1. The third-order valence-electron chi connectivity index (χ3n) is 1.52. The molecule has 3 atom stereocenters. The largest absolute Gasteiger partial charge is 0.480 e. The van der Waals surface area contributed by atoms with E-state index in [0.29, 0.717) is 0 Å². The van der Waals surface area contributed by atoms with Gasteiger partial charge in [0.2, 0.25) is 0 Å². The average Bonchev–Trinajstić information content (AvgIpc) is 2.14. The Labute approximate surface area is 85.1 Å². The first-order valence-corrected chi connectivity index (χ1v) is 4.14.